The first-order valence-corrected chi connectivity index (χ1v) is 20.9. The van der Waals surface area contributed by atoms with Crippen molar-refractivity contribution in [2.24, 2.45) is 5.92 Å². The van der Waals surface area contributed by atoms with E-state index in [4.69, 9.17) is 9.05 Å². The molecule has 0 heterocycles. The van der Waals surface area contributed by atoms with E-state index < -0.39 is 20.0 Å². The van der Waals surface area contributed by atoms with Gasteiger partial charge in [0.2, 0.25) is 5.91 Å². The number of rotatable bonds is 34. The Balaban J connectivity index is 4.53. The molecule has 8 nitrogen and oxygen atoms in total. The predicted octanol–water partition coefficient (Wildman–Crippen LogP) is 9.24. The average Bonchev–Trinajstić information content (AvgIpc) is 2.99. The topological polar surface area (TPSA) is 108 Å². The summed E-state index contributed by atoms with van der Waals surface area (Å²) in [5.74, 6) is 0.589. The number of carbonyl (C=O) groups is 1. The third-order valence-corrected chi connectivity index (χ3v) is 9.64. The van der Waals surface area contributed by atoms with Crippen molar-refractivity contribution in [3.05, 3.63) is 12.2 Å². The Morgan fingerprint density at radius 1 is 0.787 bits per heavy atom. The maximum Gasteiger partial charge on any atom is 0.268 e. The molecule has 1 amide bonds. The molecule has 0 aliphatic heterocycles. The number of aliphatic hydroxyl groups is 1. The molecule has 3 atom stereocenters. The fourth-order valence-corrected chi connectivity index (χ4v) is 6.23. The summed E-state index contributed by atoms with van der Waals surface area (Å²) in [5.41, 5.74) is 0. The fraction of sp³-hybridized carbons (Fsp3) is 0.921. The van der Waals surface area contributed by atoms with Crippen LogP contribution in [0.5, 0.6) is 0 Å². The number of nitrogens with zero attached hydrogens (tertiary/aromatic N) is 1. The van der Waals surface area contributed by atoms with Crippen molar-refractivity contribution in [3.8, 4) is 0 Å². The van der Waals surface area contributed by atoms with Gasteiger partial charge in [-0.2, -0.15) is 0 Å². The molecule has 0 bridgehead atoms. The Labute approximate surface area is 291 Å². The first-order chi connectivity index (χ1) is 22.4. The van der Waals surface area contributed by atoms with E-state index in [0.717, 1.165) is 44.4 Å². The fourth-order valence-electron chi connectivity index (χ4n) is 5.51. The molecule has 0 saturated heterocycles. The number of allylic oxidation sites excluding steroid dienone is 1. The largest absolute Gasteiger partial charge is 0.756 e. The summed E-state index contributed by atoms with van der Waals surface area (Å²) in [6.45, 7) is 6.93. The molecular weight excluding hydrogens is 611 g/mol. The second kappa shape index (κ2) is 30.1. The first kappa shape index (κ1) is 46.2. The van der Waals surface area contributed by atoms with Crippen molar-refractivity contribution in [3.63, 3.8) is 0 Å². The van der Waals surface area contributed by atoms with Crippen molar-refractivity contribution in [2.45, 2.75) is 181 Å². The Morgan fingerprint density at radius 3 is 1.79 bits per heavy atom. The molecule has 0 aliphatic carbocycles. The van der Waals surface area contributed by atoms with E-state index in [1.807, 2.05) is 27.2 Å². The van der Waals surface area contributed by atoms with Gasteiger partial charge in [-0.05, 0) is 25.2 Å². The lowest BCUT2D eigenvalue weighted by molar-refractivity contribution is -0.870. The number of hydrogen-bond donors (Lipinski definition) is 2. The van der Waals surface area contributed by atoms with Gasteiger partial charge in [0.25, 0.3) is 7.82 Å². The molecule has 0 radical (unpaired) electrons. The Hall–Kier alpha value is -0.760. The van der Waals surface area contributed by atoms with Crippen LogP contribution in [0.3, 0.4) is 0 Å². The summed E-state index contributed by atoms with van der Waals surface area (Å²) >= 11 is 0. The highest BCUT2D eigenvalue weighted by Crippen LogP contribution is 2.38. The minimum absolute atomic E-state index is 0.000747. The molecular formula is C38H77N2O6P. The Bertz CT molecular complexity index is 802. The second-order valence-electron chi connectivity index (χ2n) is 15.1. The summed E-state index contributed by atoms with van der Waals surface area (Å²) < 4.78 is 23.1. The molecule has 47 heavy (non-hydrogen) atoms. The van der Waals surface area contributed by atoms with Crippen molar-refractivity contribution in [1.82, 2.24) is 5.32 Å². The van der Waals surface area contributed by atoms with Gasteiger partial charge in [0.1, 0.15) is 13.2 Å². The van der Waals surface area contributed by atoms with Gasteiger partial charge >= 0.3 is 0 Å². The van der Waals surface area contributed by atoms with Crippen molar-refractivity contribution >= 4 is 13.7 Å². The monoisotopic (exact) mass is 689 g/mol. The summed E-state index contributed by atoms with van der Waals surface area (Å²) in [4.78, 5) is 25.1. The van der Waals surface area contributed by atoms with Crippen LogP contribution in [0.2, 0.25) is 0 Å². The number of amides is 1. The highest BCUT2D eigenvalue weighted by molar-refractivity contribution is 7.45. The molecule has 0 rings (SSSR count). The zero-order valence-electron chi connectivity index (χ0n) is 31.7. The van der Waals surface area contributed by atoms with Crippen LogP contribution in [0.25, 0.3) is 0 Å². The van der Waals surface area contributed by atoms with Gasteiger partial charge < -0.3 is 28.8 Å². The van der Waals surface area contributed by atoms with Crippen LogP contribution in [0.15, 0.2) is 12.2 Å². The number of carbonyl (C=O) groups excluding carboxylic acids is 1. The van der Waals surface area contributed by atoms with E-state index >= 15 is 0 Å². The van der Waals surface area contributed by atoms with E-state index in [2.05, 4.69) is 26.1 Å². The van der Waals surface area contributed by atoms with Gasteiger partial charge in [-0.25, -0.2) is 0 Å². The molecule has 0 fully saturated rings. The highest BCUT2D eigenvalue weighted by Gasteiger charge is 2.23. The van der Waals surface area contributed by atoms with Gasteiger partial charge in [0, 0.05) is 6.42 Å². The summed E-state index contributed by atoms with van der Waals surface area (Å²) in [5, 5.41) is 13.7. The molecule has 9 heteroatoms. The number of nitrogens with one attached hydrogen (secondary N) is 1. The van der Waals surface area contributed by atoms with Crippen molar-refractivity contribution < 1.29 is 32.9 Å². The lowest BCUT2D eigenvalue weighted by Gasteiger charge is -2.29. The highest BCUT2D eigenvalue weighted by atomic mass is 31.2. The van der Waals surface area contributed by atoms with E-state index in [0.29, 0.717) is 17.4 Å². The van der Waals surface area contributed by atoms with Gasteiger partial charge in [-0.3, -0.25) is 9.36 Å². The molecule has 0 saturated carbocycles. The van der Waals surface area contributed by atoms with E-state index in [-0.39, 0.29) is 19.1 Å². The van der Waals surface area contributed by atoms with E-state index in [1.54, 1.807) is 6.08 Å². The number of hydrogen-bond acceptors (Lipinski definition) is 6. The average molecular weight is 689 g/mol. The summed E-state index contributed by atoms with van der Waals surface area (Å²) in [7, 11) is 1.26. The number of likely N-dealkylation sites (N-methyl/N-ethyl adjacent to an activating group) is 1. The SMILES string of the molecule is CCCCCCCCCCCCCCCC(=O)N[C@@H](COP(=O)([O-])OCC[N+](C)(C)C)[C@H](O)/C=C/CCCCCCCCCC(C)C. The first-order valence-electron chi connectivity index (χ1n) is 19.4. The van der Waals surface area contributed by atoms with Gasteiger partial charge in [-0.15, -0.1) is 0 Å². The summed E-state index contributed by atoms with van der Waals surface area (Å²) in [6, 6.07) is -0.879. The van der Waals surface area contributed by atoms with Crippen molar-refractivity contribution in [2.75, 3.05) is 40.9 Å². The van der Waals surface area contributed by atoms with Crippen LogP contribution in [0, 0.1) is 5.92 Å². The Kier molecular flexibility index (Phi) is 29.6. The standard InChI is InChI=1S/C38H77N2O6P/c1-7-8-9-10-11-12-13-14-15-19-22-25-28-31-38(42)39-36(34-46-47(43,44)45-33-32-40(4,5)6)37(41)30-27-24-21-18-16-17-20-23-26-29-35(2)3/h27,30,35-37,41H,7-26,28-29,31-34H2,1-6H3,(H-,39,42,43,44)/b30-27+/t36-,37+/m0/s1. The lowest BCUT2D eigenvalue weighted by Crippen LogP contribution is -2.45. The normalized spacial score (nSPS) is 14.9. The van der Waals surface area contributed by atoms with Crippen LogP contribution in [0.1, 0.15) is 168 Å². The quantitative estimate of drug-likeness (QED) is 0.0302. The van der Waals surface area contributed by atoms with Gasteiger partial charge in [-0.1, -0.05) is 155 Å². The van der Waals surface area contributed by atoms with Crippen LogP contribution in [0.4, 0.5) is 0 Å². The zero-order chi connectivity index (χ0) is 35.2. The number of quaternary nitrogens is 1. The van der Waals surface area contributed by atoms with E-state index in [1.165, 1.54) is 103 Å². The minimum Gasteiger partial charge on any atom is -0.756 e. The second-order valence-corrected chi connectivity index (χ2v) is 16.5. The number of phosphoric acid groups is 1. The number of unbranched alkanes of at least 4 members (excludes halogenated alkanes) is 19. The van der Waals surface area contributed by atoms with E-state index in [9.17, 15) is 19.4 Å². The minimum atomic E-state index is -4.57. The third-order valence-electron chi connectivity index (χ3n) is 8.68. The molecule has 0 aromatic carbocycles. The maximum atomic E-state index is 12.8. The molecule has 0 aromatic heterocycles. The van der Waals surface area contributed by atoms with Gasteiger partial charge in [0.05, 0.1) is 39.9 Å². The maximum absolute atomic E-state index is 12.8. The number of phosphoric ester groups is 1. The van der Waals surface area contributed by atoms with Crippen molar-refractivity contribution in [1.29, 1.82) is 0 Å². The van der Waals surface area contributed by atoms with Gasteiger partial charge in [0.15, 0.2) is 0 Å². The molecule has 2 N–H and O–H groups in total. The zero-order valence-corrected chi connectivity index (χ0v) is 32.5. The number of aliphatic hydroxyl groups excluding tert-OH is 1. The molecule has 280 valence electrons. The molecule has 0 aliphatic rings. The lowest BCUT2D eigenvalue weighted by atomic mass is 10.0. The van der Waals surface area contributed by atoms with Crippen LogP contribution >= 0.6 is 7.82 Å². The Morgan fingerprint density at radius 2 is 1.28 bits per heavy atom. The summed E-state index contributed by atoms with van der Waals surface area (Å²) in [6.07, 6.45) is 29.7. The molecule has 0 aromatic rings. The molecule has 1 unspecified atom stereocenters. The van der Waals surface area contributed by atoms with Crippen LogP contribution < -0.4 is 10.2 Å². The smallest absolute Gasteiger partial charge is 0.268 e. The molecule has 0 spiro atoms. The third kappa shape index (κ3) is 33.5. The van der Waals surface area contributed by atoms with Crippen LogP contribution in [-0.4, -0.2) is 68.5 Å². The van der Waals surface area contributed by atoms with Crippen LogP contribution in [-0.2, 0) is 18.4 Å². The predicted molar refractivity (Wildman–Crippen MR) is 196 cm³/mol.